The predicted molar refractivity (Wildman–Crippen MR) is 105 cm³/mol. The Hall–Kier alpha value is -3.15. The minimum Gasteiger partial charge on any atom is -0.367 e. The van der Waals surface area contributed by atoms with Crippen LogP contribution in [0.4, 0.5) is 5.69 Å². The monoisotopic (exact) mass is 361 g/mol. The van der Waals surface area contributed by atoms with Crippen LogP contribution in [0.2, 0.25) is 0 Å². The van der Waals surface area contributed by atoms with Gasteiger partial charge in [0.25, 0.3) is 5.91 Å². The van der Waals surface area contributed by atoms with Gasteiger partial charge in [0.1, 0.15) is 12.7 Å². The number of piperazine rings is 1. The van der Waals surface area contributed by atoms with Crippen molar-refractivity contribution in [2.75, 3.05) is 24.5 Å². The van der Waals surface area contributed by atoms with Crippen LogP contribution in [-0.2, 0) is 0 Å². The third-order valence-electron chi connectivity index (χ3n) is 5.14. The van der Waals surface area contributed by atoms with Gasteiger partial charge in [-0.1, -0.05) is 30.3 Å². The van der Waals surface area contributed by atoms with Crippen molar-refractivity contribution in [1.29, 1.82) is 0 Å². The Morgan fingerprint density at radius 3 is 2.48 bits per heavy atom. The van der Waals surface area contributed by atoms with Gasteiger partial charge in [0.15, 0.2) is 0 Å². The topological polar surface area (TPSA) is 54.3 Å². The Kier molecular flexibility index (Phi) is 4.62. The zero-order valence-corrected chi connectivity index (χ0v) is 15.6. The highest BCUT2D eigenvalue weighted by molar-refractivity contribution is 5.98. The molecule has 3 aromatic rings. The molecule has 6 heteroatoms. The van der Waals surface area contributed by atoms with Crippen molar-refractivity contribution in [1.82, 2.24) is 19.7 Å². The van der Waals surface area contributed by atoms with Gasteiger partial charge in [0.2, 0.25) is 0 Å². The Labute approximate surface area is 159 Å². The van der Waals surface area contributed by atoms with Crippen molar-refractivity contribution in [2.45, 2.75) is 19.9 Å². The SMILES string of the molecule is Cc1ccccc1N1CCN(C(=O)c2ccccc2-n2cncn2)[C@@H](C)C1. The van der Waals surface area contributed by atoms with Crippen LogP contribution in [0.5, 0.6) is 0 Å². The van der Waals surface area contributed by atoms with E-state index in [1.165, 1.54) is 17.6 Å². The summed E-state index contributed by atoms with van der Waals surface area (Å²) in [5.74, 6) is 0.0398. The maximum absolute atomic E-state index is 13.3. The summed E-state index contributed by atoms with van der Waals surface area (Å²) in [5, 5.41) is 4.18. The average molecular weight is 361 g/mol. The molecule has 138 valence electrons. The molecule has 27 heavy (non-hydrogen) atoms. The van der Waals surface area contributed by atoms with Crippen LogP contribution in [0, 0.1) is 6.92 Å². The van der Waals surface area contributed by atoms with E-state index in [0.717, 1.165) is 18.8 Å². The number of carbonyl (C=O) groups is 1. The van der Waals surface area contributed by atoms with Gasteiger partial charge >= 0.3 is 0 Å². The first-order valence-corrected chi connectivity index (χ1v) is 9.20. The van der Waals surface area contributed by atoms with E-state index in [9.17, 15) is 4.79 Å². The number of para-hydroxylation sites is 2. The largest absolute Gasteiger partial charge is 0.367 e. The molecule has 0 unspecified atom stereocenters. The van der Waals surface area contributed by atoms with Gasteiger partial charge in [-0.15, -0.1) is 0 Å². The Morgan fingerprint density at radius 1 is 1.04 bits per heavy atom. The number of rotatable bonds is 3. The first-order chi connectivity index (χ1) is 13.1. The van der Waals surface area contributed by atoms with E-state index >= 15 is 0 Å². The molecule has 0 saturated carbocycles. The fourth-order valence-electron chi connectivity index (χ4n) is 3.74. The van der Waals surface area contributed by atoms with E-state index in [4.69, 9.17) is 0 Å². The highest BCUT2D eigenvalue weighted by Gasteiger charge is 2.30. The summed E-state index contributed by atoms with van der Waals surface area (Å²) in [6, 6.07) is 16.1. The van der Waals surface area contributed by atoms with Crippen molar-refractivity contribution in [2.24, 2.45) is 0 Å². The first kappa shape index (κ1) is 17.3. The lowest BCUT2D eigenvalue weighted by Crippen LogP contribution is -2.54. The van der Waals surface area contributed by atoms with Gasteiger partial charge in [-0.2, -0.15) is 5.10 Å². The summed E-state index contributed by atoms with van der Waals surface area (Å²) < 4.78 is 1.64. The van der Waals surface area contributed by atoms with E-state index < -0.39 is 0 Å². The Bertz CT molecular complexity index is 937. The molecule has 0 spiro atoms. The van der Waals surface area contributed by atoms with Crippen LogP contribution in [0.15, 0.2) is 61.2 Å². The first-order valence-electron chi connectivity index (χ1n) is 9.20. The second kappa shape index (κ2) is 7.23. The van der Waals surface area contributed by atoms with Gasteiger partial charge < -0.3 is 9.80 Å². The lowest BCUT2D eigenvalue weighted by atomic mass is 10.1. The number of aromatic nitrogens is 3. The molecule has 1 aliphatic heterocycles. The quantitative estimate of drug-likeness (QED) is 0.720. The molecule has 0 N–H and O–H groups in total. The van der Waals surface area contributed by atoms with Crippen molar-refractivity contribution < 1.29 is 4.79 Å². The van der Waals surface area contributed by atoms with E-state index in [0.29, 0.717) is 12.1 Å². The van der Waals surface area contributed by atoms with Crippen molar-refractivity contribution in [3.8, 4) is 5.69 Å². The zero-order chi connectivity index (χ0) is 18.8. The smallest absolute Gasteiger partial charge is 0.256 e. The number of carbonyl (C=O) groups excluding carboxylic acids is 1. The standard InChI is InChI=1S/C21H23N5O/c1-16-7-3-5-9-19(16)24-11-12-25(17(2)13-24)21(27)18-8-4-6-10-20(18)26-15-22-14-23-26/h3-10,14-15,17H,11-13H2,1-2H3/t17-/m0/s1. The molecule has 1 aromatic heterocycles. The van der Waals surface area contributed by atoms with Gasteiger partial charge in [-0.25, -0.2) is 9.67 Å². The maximum atomic E-state index is 13.3. The molecule has 2 heterocycles. The molecule has 0 aliphatic carbocycles. The lowest BCUT2D eigenvalue weighted by Gasteiger charge is -2.41. The highest BCUT2D eigenvalue weighted by Crippen LogP contribution is 2.24. The number of nitrogens with zero attached hydrogens (tertiary/aromatic N) is 5. The molecule has 1 amide bonds. The second-order valence-electron chi connectivity index (χ2n) is 6.94. The zero-order valence-electron chi connectivity index (χ0n) is 15.6. The molecule has 1 saturated heterocycles. The lowest BCUT2D eigenvalue weighted by molar-refractivity contribution is 0.0674. The van der Waals surface area contributed by atoms with Crippen molar-refractivity contribution >= 4 is 11.6 Å². The van der Waals surface area contributed by atoms with Crippen LogP contribution in [-0.4, -0.2) is 51.2 Å². The maximum Gasteiger partial charge on any atom is 0.256 e. The van der Waals surface area contributed by atoms with Crippen LogP contribution < -0.4 is 4.90 Å². The third kappa shape index (κ3) is 3.30. The number of amides is 1. The van der Waals surface area contributed by atoms with Gasteiger partial charge in [-0.3, -0.25) is 4.79 Å². The molecule has 0 radical (unpaired) electrons. The summed E-state index contributed by atoms with van der Waals surface area (Å²) in [5.41, 5.74) is 3.92. The Morgan fingerprint density at radius 2 is 1.78 bits per heavy atom. The molecule has 2 aromatic carbocycles. The van der Waals surface area contributed by atoms with Gasteiger partial charge in [0, 0.05) is 31.4 Å². The summed E-state index contributed by atoms with van der Waals surface area (Å²) in [6.07, 6.45) is 3.09. The summed E-state index contributed by atoms with van der Waals surface area (Å²) >= 11 is 0. The van der Waals surface area contributed by atoms with Crippen LogP contribution in [0.1, 0.15) is 22.8 Å². The molecule has 1 aliphatic rings. The number of hydrogen-bond donors (Lipinski definition) is 0. The molecule has 4 rings (SSSR count). The molecular weight excluding hydrogens is 338 g/mol. The van der Waals surface area contributed by atoms with Crippen LogP contribution in [0.3, 0.4) is 0 Å². The predicted octanol–water partition coefficient (Wildman–Crippen LogP) is 2.93. The second-order valence-corrected chi connectivity index (χ2v) is 6.94. The van der Waals surface area contributed by atoms with E-state index in [2.05, 4.69) is 53.1 Å². The van der Waals surface area contributed by atoms with Gasteiger partial charge in [-0.05, 0) is 37.6 Å². The molecular formula is C21H23N5O. The summed E-state index contributed by atoms with van der Waals surface area (Å²) in [4.78, 5) is 21.6. The van der Waals surface area contributed by atoms with Gasteiger partial charge in [0.05, 0.1) is 11.3 Å². The normalized spacial score (nSPS) is 17.2. The molecule has 1 atom stereocenters. The van der Waals surface area contributed by atoms with Crippen LogP contribution in [0.25, 0.3) is 5.69 Å². The van der Waals surface area contributed by atoms with Crippen molar-refractivity contribution in [3.63, 3.8) is 0 Å². The molecule has 6 nitrogen and oxygen atoms in total. The minimum absolute atomic E-state index is 0.0398. The number of benzene rings is 2. The fourth-order valence-corrected chi connectivity index (χ4v) is 3.74. The summed E-state index contributed by atoms with van der Waals surface area (Å²) in [7, 11) is 0. The minimum atomic E-state index is 0.0398. The fraction of sp³-hybridized carbons (Fsp3) is 0.286. The van der Waals surface area contributed by atoms with E-state index in [1.807, 2.05) is 29.2 Å². The highest BCUT2D eigenvalue weighted by atomic mass is 16.2. The third-order valence-corrected chi connectivity index (χ3v) is 5.14. The average Bonchev–Trinajstić information content (AvgIpc) is 3.22. The number of hydrogen-bond acceptors (Lipinski definition) is 4. The number of aryl methyl sites for hydroxylation is 1. The number of anilines is 1. The van der Waals surface area contributed by atoms with E-state index in [1.54, 1.807) is 11.0 Å². The van der Waals surface area contributed by atoms with E-state index in [-0.39, 0.29) is 11.9 Å². The molecule has 1 fully saturated rings. The summed E-state index contributed by atoms with van der Waals surface area (Å²) in [6.45, 7) is 6.58. The van der Waals surface area contributed by atoms with Crippen molar-refractivity contribution in [3.05, 3.63) is 72.3 Å². The Balaban J connectivity index is 1.56. The molecule has 0 bridgehead atoms. The van der Waals surface area contributed by atoms with Crippen LogP contribution >= 0.6 is 0 Å².